The molecule has 0 saturated heterocycles. The third-order valence-corrected chi connectivity index (χ3v) is 9.97. The van der Waals surface area contributed by atoms with Crippen LogP contribution in [0.1, 0.15) is 22.3 Å². The molecule has 1 spiro atoms. The van der Waals surface area contributed by atoms with E-state index in [-0.39, 0.29) is 13.7 Å². The van der Waals surface area contributed by atoms with Crippen molar-refractivity contribution in [2.75, 3.05) is 5.01 Å². The second-order valence-electron chi connectivity index (χ2n) is 12.0. The lowest BCUT2D eigenvalue weighted by Gasteiger charge is -2.45. The van der Waals surface area contributed by atoms with Crippen LogP contribution in [0.3, 0.4) is 0 Å². The highest BCUT2D eigenvalue weighted by Crippen LogP contribution is 2.64. The van der Waals surface area contributed by atoms with Crippen LogP contribution in [0.25, 0.3) is 5.47 Å². The van der Waals surface area contributed by atoms with E-state index in [4.69, 9.17) is 4.74 Å². The smallest absolute Gasteiger partial charge is 0.303 e. The monoisotopic (exact) mass is 560 g/mol. The van der Waals surface area contributed by atoms with E-state index >= 15 is 0 Å². The summed E-state index contributed by atoms with van der Waals surface area (Å²) in [6, 6.07) is 57.4. The molecule has 0 amide bonds. The third-order valence-electron chi connectivity index (χ3n) is 9.97. The van der Waals surface area contributed by atoms with Gasteiger partial charge >= 0.3 is 13.7 Å². The van der Waals surface area contributed by atoms with Gasteiger partial charge in [0.1, 0.15) is 11.5 Å². The SMILES string of the molecule is c1ccc(B2C3=C(N4c5ccccc5B(c5ccccc5)N24)C2(c4ccccc4Oc4ccccc42)c2ccccc23)cc1. The van der Waals surface area contributed by atoms with E-state index in [1.165, 1.54) is 55.5 Å². The number of rotatable bonds is 2. The maximum absolute atomic E-state index is 6.66. The highest BCUT2D eigenvalue weighted by atomic mass is 16.5. The minimum absolute atomic E-state index is 0.00602. The van der Waals surface area contributed by atoms with Crippen molar-refractivity contribution in [1.29, 1.82) is 0 Å². The molecule has 0 N–H and O–H groups in total. The number of nitrogens with zero attached hydrogens (tertiary/aromatic N) is 2. The molecule has 0 radical (unpaired) electrons. The Labute approximate surface area is 257 Å². The van der Waals surface area contributed by atoms with Crippen molar-refractivity contribution in [3.63, 3.8) is 0 Å². The van der Waals surface area contributed by atoms with Crippen LogP contribution in [-0.2, 0) is 5.41 Å². The maximum atomic E-state index is 6.66. The molecule has 5 heteroatoms. The highest BCUT2D eigenvalue weighted by Gasteiger charge is 2.64. The average Bonchev–Trinajstić information content (AvgIpc) is 3.70. The molecule has 0 bridgehead atoms. The molecular formula is C39H26B2N2O. The zero-order valence-corrected chi connectivity index (χ0v) is 24.0. The number of hydrogen-bond donors (Lipinski definition) is 0. The van der Waals surface area contributed by atoms with Crippen molar-refractivity contribution in [2.45, 2.75) is 5.41 Å². The average molecular weight is 560 g/mol. The van der Waals surface area contributed by atoms with Crippen LogP contribution in [0.5, 0.6) is 11.5 Å². The van der Waals surface area contributed by atoms with E-state index in [2.05, 4.69) is 168 Å². The van der Waals surface area contributed by atoms with Crippen LogP contribution in [0, 0.1) is 0 Å². The standard InChI is InChI=1S/C39H26B2N2O/c1-3-15-27(16-4-1)40-33-23-11-12-24-34(33)42-38-37(41(43(40)42)28-17-5-2-6-18-28)29-19-7-8-20-30(29)39(38)31-21-9-13-25-35(31)44-36-26-14-10-22-32(36)39/h1-26H. The van der Waals surface area contributed by atoms with Gasteiger partial charge in [-0.1, -0.05) is 150 Å². The molecule has 0 fully saturated rings. The largest absolute Gasteiger partial charge is 0.457 e. The predicted molar refractivity (Wildman–Crippen MR) is 180 cm³/mol. The normalized spacial score (nSPS) is 16.7. The van der Waals surface area contributed by atoms with Crippen LogP contribution in [0.4, 0.5) is 5.69 Å². The molecule has 0 aromatic heterocycles. The quantitative estimate of drug-likeness (QED) is 0.237. The van der Waals surface area contributed by atoms with Crippen molar-refractivity contribution >= 4 is 41.2 Å². The molecule has 3 aliphatic heterocycles. The molecule has 1 aliphatic carbocycles. The van der Waals surface area contributed by atoms with Crippen LogP contribution in [-0.4, -0.2) is 18.5 Å². The number of anilines is 1. The Morgan fingerprint density at radius 1 is 0.477 bits per heavy atom. The van der Waals surface area contributed by atoms with Crippen LogP contribution >= 0.6 is 0 Å². The molecular weight excluding hydrogens is 534 g/mol. The minimum atomic E-state index is -0.558. The maximum Gasteiger partial charge on any atom is 0.303 e. The van der Waals surface area contributed by atoms with Gasteiger partial charge in [0.15, 0.2) is 0 Å². The molecule has 6 aromatic rings. The Kier molecular flexibility index (Phi) is 4.89. The fourth-order valence-electron chi connectivity index (χ4n) is 8.44. The number of hydrazine groups is 1. The van der Waals surface area contributed by atoms with Crippen molar-refractivity contribution < 1.29 is 4.74 Å². The molecule has 44 heavy (non-hydrogen) atoms. The molecule has 0 saturated carbocycles. The van der Waals surface area contributed by atoms with Crippen molar-refractivity contribution in [1.82, 2.24) is 4.83 Å². The van der Waals surface area contributed by atoms with Gasteiger partial charge in [-0.05, 0) is 40.3 Å². The first-order chi connectivity index (χ1) is 21.9. The van der Waals surface area contributed by atoms with Gasteiger partial charge in [0.25, 0.3) is 0 Å². The molecule has 10 rings (SSSR count). The highest BCUT2D eigenvalue weighted by molar-refractivity contribution is 7.02. The lowest BCUT2D eigenvalue weighted by atomic mass is 9.39. The van der Waals surface area contributed by atoms with Crippen LogP contribution < -0.4 is 26.1 Å². The van der Waals surface area contributed by atoms with Gasteiger partial charge in [0.2, 0.25) is 0 Å². The molecule has 0 unspecified atom stereocenters. The van der Waals surface area contributed by atoms with E-state index in [0.29, 0.717) is 0 Å². The summed E-state index contributed by atoms with van der Waals surface area (Å²) in [6.45, 7) is 0.0595. The number of fused-ring (bicyclic) bond motifs is 12. The van der Waals surface area contributed by atoms with Gasteiger partial charge in [-0.25, -0.2) is 0 Å². The lowest BCUT2D eigenvalue weighted by molar-refractivity contribution is 0.429. The van der Waals surface area contributed by atoms with Crippen molar-refractivity contribution in [3.05, 3.63) is 186 Å². The first-order valence-corrected chi connectivity index (χ1v) is 15.4. The Balaban J connectivity index is 1.37. The molecule has 204 valence electrons. The Hall–Kier alpha value is -5.25. The van der Waals surface area contributed by atoms with Gasteiger partial charge in [0.05, 0.1) is 11.1 Å². The summed E-state index contributed by atoms with van der Waals surface area (Å²) >= 11 is 0. The number of allylic oxidation sites excluding steroid dienone is 1. The summed E-state index contributed by atoms with van der Waals surface area (Å²) in [5, 5.41) is 2.58. The van der Waals surface area contributed by atoms with Crippen LogP contribution in [0.15, 0.2) is 163 Å². The van der Waals surface area contributed by atoms with Crippen molar-refractivity contribution in [2.24, 2.45) is 0 Å². The van der Waals surface area contributed by atoms with E-state index in [1.54, 1.807) is 0 Å². The van der Waals surface area contributed by atoms with Gasteiger partial charge in [-0.15, -0.1) is 0 Å². The fraction of sp³-hybridized carbons (Fsp3) is 0.0256. The number of benzene rings is 6. The van der Waals surface area contributed by atoms with Crippen LogP contribution in [0.2, 0.25) is 0 Å². The zero-order chi connectivity index (χ0) is 28.8. The van der Waals surface area contributed by atoms with Gasteiger partial charge in [0, 0.05) is 16.8 Å². The first kappa shape index (κ1) is 24.2. The van der Waals surface area contributed by atoms with Gasteiger partial charge in [-0.3, -0.25) is 9.84 Å². The summed E-state index contributed by atoms with van der Waals surface area (Å²) in [4.78, 5) is 2.65. The number of para-hydroxylation sites is 3. The first-order valence-electron chi connectivity index (χ1n) is 15.4. The molecule has 3 heterocycles. The summed E-state index contributed by atoms with van der Waals surface area (Å²) < 4.78 is 6.66. The molecule has 3 nitrogen and oxygen atoms in total. The van der Waals surface area contributed by atoms with E-state index in [9.17, 15) is 0 Å². The molecule has 4 aliphatic rings. The Bertz CT molecular complexity index is 2100. The number of ether oxygens (including phenoxy) is 1. The van der Waals surface area contributed by atoms with Gasteiger partial charge < -0.3 is 4.74 Å². The fourth-order valence-corrected chi connectivity index (χ4v) is 8.44. The molecule has 0 atom stereocenters. The third kappa shape index (κ3) is 2.92. The summed E-state index contributed by atoms with van der Waals surface area (Å²) in [7, 11) is 0. The number of hydrogen-bond acceptors (Lipinski definition) is 3. The lowest BCUT2D eigenvalue weighted by Crippen LogP contribution is -2.63. The van der Waals surface area contributed by atoms with E-state index in [1.807, 2.05) is 0 Å². The summed E-state index contributed by atoms with van der Waals surface area (Å²) in [5.41, 5.74) is 12.3. The van der Waals surface area contributed by atoms with E-state index in [0.717, 1.165) is 11.5 Å². The Morgan fingerprint density at radius 3 is 1.68 bits per heavy atom. The molecule has 6 aromatic carbocycles. The zero-order valence-electron chi connectivity index (χ0n) is 24.0. The topological polar surface area (TPSA) is 15.7 Å². The summed E-state index contributed by atoms with van der Waals surface area (Å²) in [6.07, 6.45) is 0. The predicted octanol–water partition coefficient (Wildman–Crippen LogP) is 6.15. The summed E-state index contributed by atoms with van der Waals surface area (Å²) in [5.74, 6) is 1.83. The second-order valence-corrected chi connectivity index (χ2v) is 12.0. The van der Waals surface area contributed by atoms with E-state index < -0.39 is 5.41 Å². The van der Waals surface area contributed by atoms with Gasteiger partial charge in [-0.2, -0.15) is 0 Å². The second kappa shape index (κ2) is 8.89. The Morgan fingerprint density at radius 2 is 1.00 bits per heavy atom. The minimum Gasteiger partial charge on any atom is -0.457 e. The van der Waals surface area contributed by atoms with Crippen molar-refractivity contribution in [3.8, 4) is 11.5 Å².